The molecule has 0 bridgehead atoms. The average molecular weight is 342 g/mol. The van der Waals surface area contributed by atoms with Crippen molar-refractivity contribution in [2.24, 2.45) is 0 Å². The van der Waals surface area contributed by atoms with Crippen LogP contribution >= 0.6 is 11.6 Å². The van der Waals surface area contributed by atoms with Gasteiger partial charge in [-0.2, -0.15) is 0 Å². The zero-order valence-corrected chi connectivity index (χ0v) is 13.4. The number of methoxy groups -OCH3 is 1. The smallest absolute Gasteiger partial charge is 0.288 e. The lowest BCUT2D eigenvalue weighted by atomic mass is 9.99. The maximum atomic E-state index is 12.9. The fourth-order valence-corrected chi connectivity index (χ4v) is 3.12. The SMILES string of the molecule is COc1cccc(C2NC(=O)c3oc4ccc(Cl)cc4c(=O)c32)c1. The highest BCUT2D eigenvalue weighted by Crippen LogP contribution is 2.32. The van der Waals surface area contributed by atoms with Crippen LogP contribution in [0.1, 0.15) is 27.7 Å². The summed E-state index contributed by atoms with van der Waals surface area (Å²) in [5.41, 5.74) is 1.11. The zero-order chi connectivity index (χ0) is 16.8. The van der Waals surface area contributed by atoms with Crippen molar-refractivity contribution in [2.75, 3.05) is 7.11 Å². The van der Waals surface area contributed by atoms with Crippen LogP contribution in [-0.4, -0.2) is 13.0 Å². The normalized spacial score (nSPS) is 16.1. The quantitative estimate of drug-likeness (QED) is 0.776. The van der Waals surface area contributed by atoms with E-state index in [2.05, 4.69) is 5.32 Å². The van der Waals surface area contributed by atoms with Crippen molar-refractivity contribution in [2.45, 2.75) is 6.04 Å². The van der Waals surface area contributed by atoms with E-state index in [1.807, 2.05) is 6.07 Å². The lowest BCUT2D eigenvalue weighted by molar-refractivity contribution is 0.0938. The lowest BCUT2D eigenvalue weighted by Gasteiger charge is -2.12. The van der Waals surface area contributed by atoms with E-state index in [4.69, 9.17) is 20.8 Å². The summed E-state index contributed by atoms with van der Waals surface area (Å²) in [5.74, 6) is 0.276. The highest BCUT2D eigenvalue weighted by molar-refractivity contribution is 6.31. The van der Waals surface area contributed by atoms with E-state index in [-0.39, 0.29) is 11.2 Å². The maximum absolute atomic E-state index is 12.9. The van der Waals surface area contributed by atoms with E-state index in [1.54, 1.807) is 43.5 Å². The third-order valence-electron chi connectivity index (χ3n) is 4.08. The van der Waals surface area contributed by atoms with Gasteiger partial charge in [0.25, 0.3) is 5.91 Å². The number of carbonyl (C=O) groups is 1. The van der Waals surface area contributed by atoms with Crippen molar-refractivity contribution in [1.82, 2.24) is 5.32 Å². The summed E-state index contributed by atoms with van der Waals surface area (Å²) in [6.07, 6.45) is 0. The molecule has 1 aromatic heterocycles. The Hall–Kier alpha value is -2.79. The largest absolute Gasteiger partial charge is 0.497 e. The average Bonchev–Trinajstić information content (AvgIpc) is 2.93. The number of halogens is 1. The van der Waals surface area contributed by atoms with Crippen molar-refractivity contribution in [3.05, 3.63) is 74.6 Å². The van der Waals surface area contributed by atoms with Crippen LogP contribution in [-0.2, 0) is 0 Å². The molecule has 0 aliphatic carbocycles. The van der Waals surface area contributed by atoms with E-state index in [0.717, 1.165) is 5.56 Å². The summed E-state index contributed by atoms with van der Waals surface area (Å²) in [7, 11) is 1.56. The summed E-state index contributed by atoms with van der Waals surface area (Å²) < 4.78 is 10.9. The Kier molecular flexibility index (Phi) is 3.32. The van der Waals surface area contributed by atoms with Crippen LogP contribution in [0.15, 0.2) is 51.7 Å². The Labute approximate surface area is 141 Å². The van der Waals surface area contributed by atoms with Gasteiger partial charge < -0.3 is 14.5 Å². The molecule has 1 amide bonds. The first-order chi connectivity index (χ1) is 11.6. The summed E-state index contributed by atoms with van der Waals surface area (Å²) in [6, 6.07) is 11.4. The molecule has 3 aromatic rings. The first kappa shape index (κ1) is 14.8. The van der Waals surface area contributed by atoms with Crippen LogP contribution < -0.4 is 15.5 Å². The second kappa shape index (κ2) is 5.39. The molecule has 2 heterocycles. The molecule has 0 radical (unpaired) electrons. The molecule has 1 aliphatic rings. The first-order valence-electron chi connectivity index (χ1n) is 7.29. The molecule has 1 unspecified atom stereocenters. The van der Waals surface area contributed by atoms with Crippen molar-refractivity contribution < 1.29 is 13.9 Å². The summed E-state index contributed by atoms with van der Waals surface area (Å²) in [5, 5.41) is 3.58. The molecule has 0 fully saturated rings. The van der Waals surface area contributed by atoms with Gasteiger partial charge in [0.1, 0.15) is 11.3 Å². The van der Waals surface area contributed by atoms with Crippen LogP contribution in [0.2, 0.25) is 5.02 Å². The van der Waals surface area contributed by atoms with Crippen LogP contribution in [0.5, 0.6) is 5.75 Å². The van der Waals surface area contributed by atoms with Gasteiger partial charge in [-0.15, -0.1) is 0 Å². The molecule has 24 heavy (non-hydrogen) atoms. The van der Waals surface area contributed by atoms with Gasteiger partial charge >= 0.3 is 0 Å². The number of amides is 1. The Bertz CT molecular complexity index is 1040. The molecule has 4 rings (SSSR count). The van der Waals surface area contributed by atoms with Crippen molar-refractivity contribution >= 4 is 28.5 Å². The lowest BCUT2D eigenvalue weighted by Crippen LogP contribution is -2.21. The van der Waals surface area contributed by atoms with E-state index in [9.17, 15) is 9.59 Å². The van der Waals surface area contributed by atoms with Crippen LogP contribution in [0, 0.1) is 0 Å². The molecular formula is C18H12ClNO4. The van der Waals surface area contributed by atoms with Crippen molar-refractivity contribution in [3.63, 3.8) is 0 Å². The number of rotatable bonds is 2. The molecule has 0 saturated heterocycles. The molecule has 1 N–H and O–H groups in total. The number of nitrogens with one attached hydrogen (secondary N) is 1. The number of fused-ring (bicyclic) bond motifs is 2. The summed E-state index contributed by atoms with van der Waals surface area (Å²) in [4.78, 5) is 25.2. The summed E-state index contributed by atoms with van der Waals surface area (Å²) in [6.45, 7) is 0. The van der Waals surface area contributed by atoms with Crippen LogP contribution in [0.3, 0.4) is 0 Å². The zero-order valence-electron chi connectivity index (χ0n) is 12.6. The Balaban J connectivity index is 1.97. The fourth-order valence-electron chi connectivity index (χ4n) is 2.95. The molecular weight excluding hydrogens is 330 g/mol. The van der Waals surface area contributed by atoms with Gasteiger partial charge in [0.2, 0.25) is 5.76 Å². The Morgan fingerprint density at radius 2 is 2.00 bits per heavy atom. The minimum Gasteiger partial charge on any atom is -0.497 e. The number of carbonyl (C=O) groups excluding carboxylic acids is 1. The Morgan fingerprint density at radius 1 is 1.17 bits per heavy atom. The third-order valence-corrected chi connectivity index (χ3v) is 4.32. The molecule has 1 atom stereocenters. The number of benzene rings is 2. The molecule has 6 heteroatoms. The first-order valence-corrected chi connectivity index (χ1v) is 7.67. The van der Waals surface area contributed by atoms with Gasteiger partial charge in [-0.3, -0.25) is 9.59 Å². The van der Waals surface area contributed by atoms with Crippen LogP contribution in [0.4, 0.5) is 0 Å². The molecule has 5 nitrogen and oxygen atoms in total. The van der Waals surface area contributed by atoms with E-state index < -0.39 is 11.9 Å². The predicted octanol–water partition coefficient (Wildman–Crippen LogP) is 3.29. The van der Waals surface area contributed by atoms with Gasteiger partial charge in [-0.25, -0.2) is 0 Å². The van der Waals surface area contributed by atoms with Gasteiger partial charge in [0.15, 0.2) is 5.43 Å². The minimum absolute atomic E-state index is 0.0441. The topological polar surface area (TPSA) is 68.5 Å². The van der Waals surface area contributed by atoms with Gasteiger partial charge in [-0.05, 0) is 35.9 Å². The van der Waals surface area contributed by atoms with E-state index in [0.29, 0.717) is 27.3 Å². The maximum Gasteiger partial charge on any atom is 0.288 e. The molecule has 2 aromatic carbocycles. The summed E-state index contributed by atoms with van der Waals surface area (Å²) >= 11 is 5.98. The molecule has 0 spiro atoms. The fraction of sp³-hybridized carbons (Fsp3) is 0.111. The van der Waals surface area contributed by atoms with Gasteiger partial charge in [0.05, 0.1) is 24.1 Å². The predicted molar refractivity (Wildman–Crippen MR) is 89.8 cm³/mol. The Morgan fingerprint density at radius 3 is 2.79 bits per heavy atom. The number of hydrogen-bond donors (Lipinski definition) is 1. The number of hydrogen-bond acceptors (Lipinski definition) is 4. The van der Waals surface area contributed by atoms with Crippen molar-refractivity contribution in [1.29, 1.82) is 0 Å². The minimum atomic E-state index is -0.581. The second-order valence-corrected chi connectivity index (χ2v) is 5.93. The van der Waals surface area contributed by atoms with Crippen LogP contribution in [0.25, 0.3) is 11.0 Å². The van der Waals surface area contributed by atoms with E-state index >= 15 is 0 Å². The third kappa shape index (κ3) is 2.17. The highest BCUT2D eigenvalue weighted by Gasteiger charge is 2.36. The monoisotopic (exact) mass is 341 g/mol. The second-order valence-electron chi connectivity index (χ2n) is 5.50. The molecule has 1 aliphatic heterocycles. The molecule has 120 valence electrons. The van der Waals surface area contributed by atoms with E-state index in [1.165, 1.54) is 0 Å². The van der Waals surface area contributed by atoms with Gasteiger partial charge in [0, 0.05) is 5.02 Å². The molecule has 0 saturated carbocycles. The highest BCUT2D eigenvalue weighted by atomic mass is 35.5. The van der Waals surface area contributed by atoms with Gasteiger partial charge in [-0.1, -0.05) is 23.7 Å². The van der Waals surface area contributed by atoms with Crippen molar-refractivity contribution in [3.8, 4) is 5.75 Å². The number of ether oxygens (including phenoxy) is 1. The standard InChI is InChI=1S/C18H12ClNO4/c1-23-11-4-2-3-9(7-11)15-14-16(21)12-8-10(19)5-6-13(12)24-17(14)18(22)20-15/h2-8,15H,1H3,(H,20,22).